The summed E-state index contributed by atoms with van der Waals surface area (Å²) in [6.45, 7) is 0.192. The Labute approximate surface area is 108 Å². The predicted octanol–water partition coefficient (Wildman–Crippen LogP) is 3.25. The number of nitro groups is 1. The minimum absolute atomic E-state index is 0.00243. The van der Waals surface area contributed by atoms with Crippen LogP contribution in [-0.4, -0.2) is 17.3 Å². The largest absolute Gasteiger partial charge is 0.488 e. The Hall–Kier alpha value is -1.27. The fourth-order valence-corrected chi connectivity index (χ4v) is 1.41. The summed E-state index contributed by atoms with van der Waals surface area (Å²) in [5.41, 5.74) is -0.673. The van der Waals surface area contributed by atoms with Crippen molar-refractivity contribution in [1.82, 2.24) is 0 Å². The maximum Gasteiger partial charge on any atom is 0.306 e. The number of hydrogen-bond acceptors (Lipinski definition) is 4. The molecule has 4 nitrogen and oxygen atoms in total. The Bertz CT molecular complexity index is 453. The molecule has 0 N–H and O–H groups in total. The molecular weight excluding hydrogens is 269 g/mol. The molecule has 0 radical (unpaired) electrons. The molecule has 0 aliphatic carbocycles. The first-order valence-corrected chi connectivity index (χ1v) is 5.59. The Balaban J connectivity index is 2.84. The predicted molar refractivity (Wildman–Crippen MR) is 66.6 cm³/mol. The van der Waals surface area contributed by atoms with Crippen LogP contribution < -0.4 is 4.74 Å². The number of ether oxygens (including phenoxy) is 1. The Morgan fingerprint density at radius 2 is 2.24 bits per heavy atom. The van der Waals surface area contributed by atoms with Crippen molar-refractivity contribution in [3.8, 4) is 5.75 Å². The highest BCUT2D eigenvalue weighted by molar-refractivity contribution is 7.80. The summed E-state index contributed by atoms with van der Waals surface area (Å²) >= 11 is 9.67. The lowest BCUT2D eigenvalue weighted by atomic mass is 10.3. The highest BCUT2D eigenvalue weighted by Gasteiger charge is 2.17. The molecule has 0 amide bonds. The van der Waals surface area contributed by atoms with Gasteiger partial charge >= 0.3 is 5.69 Å². The van der Waals surface area contributed by atoms with Crippen LogP contribution in [0, 0.1) is 15.9 Å². The maximum absolute atomic E-state index is 13.2. The highest BCUT2D eigenvalue weighted by atomic mass is 35.5. The molecule has 0 atom stereocenters. The maximum atomic E-state index is 13.2. The normalized spacial score (nSPS) is 10.8. The summed E-state index contributed by atoms with van der Waals surface area (Å²) in [5, 5.41) is 10.4. The van der Waals surface area contributed by atoms with Crippen LogP contribution in [-0.2, 0) is 0 Å². The van der Waals surface area contributed by atoms with Crippen LogP contribution in [0.15, 0.2) is 24.3 Å². The molecule has 7 heteroatoms. The van der Waals surface area contributed by atoms with Crippen LogP contribution in [0.4, 0.5) is 10.1 Å². The van der Waals surface area contributed by atoms with Gasteiger partial charge in [0, 0.05) is 17.9 Å². The van der Waals surface area contributed by atoms with E-state index in [1.165, 1.54) is 0 Å². The van der Waals surface area contributed by atoms with E-state index in [1.807, 2.05) is 0 Å². The molecule has 0 unspecified atom stereocenters. The molecule has 0 aliphatic heterocycles. The standard InChI is InChI=1S/C10H9ClFNO3S/c11-7-5-9(13(14)15)8(12)6-10(7)16-3-1-2-4-17/h1-2,5-6,17H,3-4H2/b2-1+. The minimum atomic E-state index is -0.979. The highest BCUT2D eigenvalue weighted by Crippen LogP contribution is 2.31. The number of halogens is 2. The van der Waals surface area contributed by atoms with Gasteiger partial charge in [0.15, 0.2) is 0 Å². The topological polar surface area (TPSA) is 52.4 Å². The smallest absolute Gasteiger partial charge is 0.306 e. The van der Waals surface area contributed by atoms with E-state index in [-0.39, 0.29) is 17.4 Å². The second kappa shape index (κ2) is 6.46. The average Bonchev–Trinajstić information content (AvgIpc) is 2.28. The summed E-state index contributed by atoms with van der Waals surface area (Å²) in [4.78, 5) is 9.59. The summed E-state index contributed by atoms with van der Waals surface area (Å²) < 4.78 is 18.4. The van der Waals surface area contributed by atoms with Gasteiger partial charge in [0.05, 0.1) is 9.95 Å². The first-order chi connectivity index (χ1) is 8.06. The number of hydrogen-bond donors (Lipinski definition) is 1. The van der Waals surface area contributed by atoms with Gasteiger partial charge in [-0.3, -0.25) is 10.1 Å². The summed E-state index contributed by atoms with van der Waals surface area (Å²) in [6.07, 6.45) is 3.43. The average molecular weight is 278 g/mol. The summed E-state index contributed by atoms with van der Waals surface area (Å²) in [5.74, 6) is -0.350. The first kappa shape index (κ1) is 13.8. The van der Waals surface area contributed by atoms with Crippen molar-refractivity contribution in [3.05, 3.63) is 45.2 Å². The number of nitrogens with zero attached hydrogens (tertiary/aromatic N) is 1. The SMILES string of the molecule is O=[N+]([O-])c1cc(Cl)c(OC/C=C/CS)cc1F. The van der Waals surface area contributed by atoms with Gasteiger partial charge in [-0.1, -0.05) is 23.8 Å². The fraction of sp³-hybridized carbons (Fsp3) is 0.200. The van der Waals surface area contributed by atoms with Crippen molar-refractivity contribution in [2.75, 3.05) is 12.4 Å². The molecule has 0 heterocycles. The lowest BCUT2D eigenvalue weighted by molar-refractivity contribution is -0.387. The second-order valence-corrected chi connectivity index (χ2v) is 3.73. The fourth-order valence-electron chi connectivity index (χ4n) is 1.05. The zero-order chi connectivity index (χ0) is 12.8. The third-order valence-corrected chi connectivity index (χ3v) is 2.31. The van der Waals surface area contributed by atoms with E-state index in [2.05, 4.69) is 12.6 Å². The van der Waals surface area contributed by atoms with E-state index in [1.54, 1.807) is 12.2 Å². The molecule has 17 heavy (non-hydrogen) atoms. The van der Waals surface area contributed by atoms with E-state index in [9.17, 15) is 14.5 Å². The molecule has 1 rings (SSSR count). The zero-order valence-corrected chi connectivity index (χ0v) is 10.2. The molecule has 0 bridgehead atoms. The van der Waals surface area contributed by atoms with Gasteiger partial charge in [0.25, 0.3) is 0 Å². The van der Waals surface area contributed by atoms with E-state index in [0.29, 0.717) is 5.75 Å². The van der Waals surface area contributed by atoms with Crippen LogP contribution >= 0.6 is 24.2 Å². The van der Waals surface area contributed by atoms with E-state index in [4.69, 9.17) is 16.3 Å². The van der Waals surface area contributed by atoms with Crippen LogP contribution in [0.25, 0.3) is 0 Å². The molecule has 0 saturated carbocycles. The molecule has 0 aliphatic rings. The van der Waals surface area contributed by atoms with Crippen LogP contribution in [0.1, 0.15) is 0 Å². The van der Waals surface area contributed by atoms with Gasteiger partial charge in [0.2, 0.25) is 5.82 Å². The van der Waals surface area contributed by atoms with Crippen molar-refractivity contribution in [3.63, 3.8) is 0 Å². The summed E-state index contributed by atoms with van der Waals surface area (Å²) in [6, 6.07) is 1.82. The number of benzene rings is 1. The minimum Gasteiger partial charge on any atom is -0.488 e. The van der Waals surface area contributed by atoms with Crippen LogP contribution in [0.2, 0.25) is 5.02 Å². The Morgan fingerprint density at radius 3 is 2.82 bits per heavy atom. The third-order valence-electron chi connectivity index (χ3n) is 1.81. The van der Waals surface area contributed by atoms with Crippen molar-refractivity contribution < 1.29 is 14.1 Å². The number of thiol groups is 1. The molecule has 0 spiro atoms. The van der Waals surface area contributed by atoms with Gasteiger partial charge in [-0.05, 0) is 0 Å². The van der Waals surface area contributed by atoms with Crippen molar-refractivity contribution in [2.45, 2.75) is 0 Å². The van der Waals surface area contributed by atoms with Crippen molar-refractivity contribution in [2.24, 2.45) is 0 Å². The summed E-state index contributed by atoms with van der Waals surface area (Å²) in [7, 11) is 0. The van der Waals surface area contributed by atoms with Crippen LogP contribution in [0.5, 0.6) is 5.75 Å². The van der Waals surface area contributed by atoms with Gasteiger partial charge in [-0.15, -0.1) is 0 Å². The van der Waals surface area contributed by atoms with E-state index in [0.717, 1.165) is 12.1 Å². The van der Waals surface area contributed by atoms with Gasteiger partial charge in [0.1, 0.15) is 12.4 Å². The third kappa shape index (κ3) is 3.90. The number of rotatable bonds is 5. The molecule has 1 aromatic carbocycles. The monoisotopic (exact) mass is 277 g/mol. The molecule has 92 valence electrons. The Kier molecular flexibility index (Phi) is 5.24. The molecule has 0 saturated heterocycles. The zero-order valence-electron chi connectivity index (χ0n) is 8.60. The van der Waals surface area contributed by atoms with Crippen LogP contribution in [0.3, 0.4) is 0 Å². The van der Waals surface area contributed by atoms with Gasteiger partial charge in [-0.2, -0.15) is 17.0 Å². The Morgan fingerprint density at radius 1 is 1.53 bits per heavy atom. The lowest BCUT2D eigenvalue weighted by Crippen LogP contribution is -1.98. The van der Waals surface area contributed by atoms with Crippen molar-refractivity contribution in [1.29, 1.82) is 0 Å². The number of nitro benzene ring substituents is 1. The molecule has 0 aromatic heterocycles. The molecule has 1 aromatic rings. The first-order valence-electron chi connectivity index (χ1n) is 4.58. The van der Waals surface area contributed by atoms with Gasteiger partial charge in [-0.25, -0.2) is 0 Å². The quantitative estimate of drug-likeness (QED) is 0.389. The van der Waals surface area contributed by atoms with E-state index >= 15 is 0 Å². The van der Waals surface area contributed by atoms with Gasteiger partial charge < -0.3 is 4.74 Å². The lowest BCUT2D eigenvalue weighted by Gasteiger charge is -2.05. The van der Waals surface area contributed by atoms with E-state index < -0.39 is 16.4 Å². The molecule has 0 fully saturated rings. The van der Waals surface area contributed by atoms with Crippen molar-refractivity contribution >= 4 is 29.9 Å². The second-order valence-electron chi connectivity index (χ2n) is 2.96. The molecular formula is C10H9ClFNO3S.